The van der Waals surface area contributed by atoms with Crippen LogP contribution < -0.4 is 45.1 Å². The molecule has 0 aliphatic heterocycles. The van der Waals surface area contributed by atoms with Crippen molar-refractivity contribution in [3.63, 3.8) is 0 Å². The number of hydrogen-bond donors (Lipinski definition) is 4. The van der Waals surface area contributed by atoms with Crippen LogP contribution in [0.15, 0.2) is 18.5 Å². The van der Waals surface area contributed by atoms with E-state index in [0.29, 0.717) is 5.28 Å². The Morgan fingerprint density at radius 3 is 1.86 bits per heavy atom. The van der Waals surface area contributed by atoms with Gasteiger partial charge >= 0.3 is 150 Å². The fraction of sp³-hybridized carbons (Fsp3) is 0. The molecule has 0 amide bonds. The molecule has 0 saturated heterocycles. The van der Waals surface area contributed by atoms with Gasteiger partial charge in [-0.15, -0.1) is 0 Å². The van der Waals surface area contributed by atoms with Crippen LogP contribution in [-0.4, -0.2) is 45.3 Å². The molecule has 0 heterocycles. The summed E-state index contributed by atoms with van der Waals surface area (Å²) in [5.74, 6) is 22.2. The molecule has 22 heavy (non-hydrogen) atoms. The van der Waals surface area contributed by atoms with Crippen LogP contribution >= 0.6 is 23.0 Å². The third-order valence-corrected chi connectivity index (χ3v) is 3.27. The third-order valence-electron chi connectivity index (χ3n) is 1.45. The molecule has 0 aromatic carbocycles. The first kappa shape index (κ1) is 21.5. The molecule has 0 aliphatic rings. The number of nitrogens with two attached hydrogens (primary N) is 4. The predicted octanol–water partition coefficient (Wildman–Crippen LogP) is -5.48. The number of rotatable bonds is 12. The van der Waals surface area contributed by atoms with Crippen LogP contribution in [0.25, 0.3) is 0 Å². The van der Waals surface area contributed by atoms with E-state index in [1.165, 1.54) is 23.0 Å². The fourth-order valence-corrected chi connectivity index (χ4v) is 1.99. The van der Waals surface area contributed by atoms with Crippen LogP contribution in [0, 0.1) is 0 Å². The topological polar surface area (TPSA) is 194 Å². The van der Waals surface area contributed by atoms with Crippen LogP contribution in [0.1, 0.15) is 0 Å². The summed E-state index contributed by atoms with van der Waals surface area (Å²) in [6, 6.07) is 0. The number of hydrogen-bond acceptors (Lipinski definition) is 13. The van der Waals surface area contributed by atoms with Crippen molar-refractivity contribution in [1.82, 2.24) is 5.28 Å². The van der Waals surface area contributed by atoms with Crippen molar-refractivity contribution in [2.24, 2.45) is 41.9 Å². The third kappa shape index (κ3) is 6.73. The molecular weight excluding hydrogens is 534 g/mol. The molecule has 0 radical (unpaired) electrons. The Morgan fingerprint density at radius 2 is 1.50 bits per heavy atom. The second-order valence-corrected chi connectivity index (χ2v) is 5.74. The zero-order chi connectivity index (χ0) is 17.4. The van der Waals surface area contributed by atoms with Crippen molar-refractivity contribution in [2.75, 3.05) is 0 Å². The van der Waals surface area contributed by atoms with E-state index in [9.17, 15) is 0 Å². The van der Waals surface area contributed by atoms with E-state index < -0.39 is 34.9 Å². The zero-order valence-electron chi connectivity index (χ0n) is 11.1. The van der Waals surface area contributed by atoms with Crippen molar-refractivity contribution < 1.29 is 52.9 Å². The molecule has 0 bridgehead atoms. The van der Waals surface area contributed by atoms with Gasteiger partial charge in [0.1, 0.15) is 0 Å². The van der Waals surface area contributed by atoms with Crippen LogP contribution in [0.3, 0.4) is 0 Å². The van der Waals surface area contributed by atoms with E-state index in [4.69, 9.17) is 41.4 Å². The number of hydrazone groups is 1. The fourth-order valence-electron chi connectivity index (χ4n) is 0.709. The van der Waals surface area contributed by atoms with Gasteiger partial charge in [-0.05, 0) is 0 Å². The Bertz CT molecular complexity index is 428. The molecule has 0 fully saturated rings. The van der Waals surface area contributed by atoms with Crippen LogP contribution in [0.4, 0.5) is 0 Å². The molecule has 16 nitrogen and oxygen atoms in total. The monoisotopic (exact) mass is 550 g/mol. The number of halogens is 2. The summed E-state index contributed by atoms with van der Waals surface area (Å²) in [4.78, 5) is 14.9. The van der Waals surface area contributed by atoms with E-state index in [1.807, 2.05) is 0 Å². The molecule has 3 unspecified atom stereocenters. The van der Waals surface area contributed by atoms with Gasteiger partial charge in [0.25, 0.3) is 0 Å². The first-order valence-electron chi connectivity index (χ1n) is 4.67. The maximum atomic E-state index is 5.80. The van der Waals surface area contributed by atoms with Crippen LogP contribution in [0.5, 0.6) is 0 Å². The minimum atomic E-state index is -1.60. The number of nitrogens with zero attached hydrogens (tertiary/aromatic N) is 8. The Morgan fingerprint density at radius 1 is 1.00 bits per heavy atom. The molecule has 0 aliphatic carbocycles. The van der Waals surface area contributed by atoms with E-state index in [0.717, 1.165) is 0 Å². The van der Waals surface area contributed by atoms with E-state index in [2.05, 4.69) is 45.4 Å². The first-order valence-corrected chi connectivity index (χ1v) is 7.48. The number of hydrazine groups is 1. The molecule has 8 N–H and O–H groups in total. The van der Waals surface area contributed by atoms with Crippen molar-refractivity contribution in [1.29, 1.82) is 0 Å². The summed E-state index contributed by atoms with van der Waals surface area (Å²) >= 11 is -0.168. The molecule has 3 atom stereocenters. The summed E-state index contributed by atoms with van der Waals surface area (Å²) < 4.78 is 6.95. The molecule has 0 rings (SSSR count). The van der Waals surface area contributed by atoms with E-state index in [1.54, 1.807) is 0 Å². The molecule has 0 aromatic heterocycles. The first-order chi connectivity index (χ1) is 10.1. The molecule has 0 saturated carbocycles. The minimum absolute atomic E-state index is 0.337. The summed E-state index contributed by atoms with van der Waals surface area (Å²) in [6.45, 7) is 12.7. The van der Waals surface area contributed by atoms with Crippen LogP contribution in [-0.2, 0) is 18.0 Å². The van der Waals surface area contributed by atoms with Crippen molar-refractivity contribution in [3.8, 4) is 0 Å². The molecular formula is C4H16I2N12O4+2. The van der Waals surface area contributed by atoms with Crippen molar-refractivity contribution in [2.45, 2.75) is 0 Å². The Kier molecular flexibility index (Phi) is 8.75. The summed E-state index contributed by atoms with van der Waals surface area (Å²) in [5.41, 5.74) is 0. The standard InChI is InChI=1S/C4H16I2N12O4/c1-11-6-16(8,21-17(9,13-3)19-5)22-18(10,14-4)20-15(7)12-2/h1-4,7-10H2/q+2. The van der Waals surface area contributed by atoms with Gasteiger partial charge in [0.05, 0.1) is 0 Å². The van der Waals surface area contributed by atoms with E-state index >= 15 is 0 Å². The van der Waals surface area contributed by atoms with E-state index in [-0.39, 0.29) is 0 Å². The molecule has 0 spiro atoms. The number of quaternary nitrogens is 3. The zero-order valence-corrected chi connectivity index (χ0v) is 15.4. The molecule has 18 heteroatoms. The van der Waals surface area contributed by atoms with Gasteiger partial charge in [0.2, 0.25) is 0 Å². The Labute approximate surface area is 149 Å². The van der Waals surface area contributed by atoms with Crippen molar-refractivity contribution in [3.05, 3.63) is 0 Å². The normalized spacial score (nSPS) is 19.3. The average Bonchev–Trinajstić information content (AvgIpc) is 2.46. The van der Waals surface area contributed by atoms with Crippen molar-refractivity contribution >= 4 is 49.9 Å². The van der Waals surface area contributed by atoms with Gasteiger partial charge in [-0.25, -0.2) is 0 Å². The Balaban J connectivity index is 5.36. The summed E-state index contributed by atoms with van der Waals surface area (Å²) in [7, 11) is 0. The van der Waals surface area contributed by atoms with Crippen LogP contribution in [0.2, 0.25) is 0 Å². The molecule has 0 aromatic rings. The summed E-state index contributed by atoms with van der Waals surface area (Å²) in [5, 5.41) is 7.19. The van der Waals surface area contributed by atoms with Gasteiger partial charge in [0, 0.05) is 0 Å². The van der Waals surface area contributed by atoms with Gasteiger partial charge in [-0.2, -0.15) is 0 Å². The molecule has 128 valence electrons. The summed E-state index contributed by atoms with van der Waals surface area (Å²) in [6.07, 6.45) is 0. The average molecular weight is 550 g/mol. The second kappa shape index (κ2) is 8.96. The SMILES string of the molecule is C=N[I-][N+](N)(O[N+](N)(N=C)OI)O[N+](N)(N=C)ON(N)N=C. The quantitative estimate of drug-likeness (QED) is 0.0458. The maximum absolute atomic E-state index is 5.80. The van der Waals surface area contributed by atoms with Gasteiger partial charge < -0.3 is 0 Å². The van der Waals surface area contributed by atoms with Gasteiger partial charge in [-0.3, -0.25) is 0 Å². The Hall–Kier alpha value is -0.500. The van der Waals surface area contributed by atoms with Gasteiger partial charge in [0.15, 0.2) is 0 Å². The van der Waals surface area contributed by atoms with Gasteiger partial charge in [-0.1, -0.05) is 0 Å². The predicted molar refractivity (Wildman–Crippen MR) is 75.9 cm³/mol. The second-order valence-electron chi connectivity index (χ2n) is 2.89.